The Kier molecular flexibility index (Phi) is 7.91. The van der Waals surface area contributed by atoms with Gasteiger partial charge in [0.15, 0.2) is 5.13 Å². The molecule has 0 bridgehead atoms. The third-order valence-corrected chi connectivity index (χ3v) is 7.13. The van der Waals surface area contributed by atoms with Gasteiger partial charge in [0.05, 0.1) is 30.5 Å². The van der Waals surface area contributed by atoms with E-state index in [4.69, 9.17) is 9.47 Å². The standard InChI is InChI=1S/C28H27FN2O6S/c1-5-13-37-20-12-9-18(14-15(20)3)23(32)21-22(17-7-10-19(29)11-8-17)31(26(34)24(21)33)28-30-16(4)25(38-28)27(35)36-6-2/h7-12,14,22,32H,5-6,13H2,1-4H3/b23-21+. The van der Waals surface area contributed by atoms with Crippen LogP contribution in [0.25, 0.3) is 5.76 Å². The van der Waals surface area contributed by atoms with E-state index in [0.717, 1.165) is 28.2 Å². The predicted octanol–water partition coefficient (Wildman–Crippen LogP) is 5.49. The number of carbonyl (C=O) groups is 3. The third kappa shape index (κ3) is 5.04. The van der Waals surface area contributed by atoms with Crippen molar-refractivity contribution in [1.82, 2.24) is 4.98 Å². The first-order valence-electron chi connectivity index (χ1n) is 12.1. The van der Waals surface area contributed by atoms with Crippen LogP contribution < -0.4 is 9.64 Å². The number of hydrogen-bond donors (Lipinski definition) is 1. The number of aliphatic hydroxyl groups is 1. The van der Waals surface area contributed by atoms with Gasteiger partial charge in [-0.25, -0.2) is 14.2 Å². The molecule has 2 aromatic carbocycles. The van der Waals surface area contributed by atoms with Crippen molar-refractivity contribution < 1.29 is 33.4 Å². The number of ketones is 1. The number of halogens is 1. The van der Waals surface area contributed by atoms with Gasteiger partial charge in [0.1, 0.15) is 22.2 Å². The summed E-state index contributed by atoms with van der Waals surface area (Å²) in [4.78, 5) is 44.8. The van der Waals surface area contributed by atoms with Crippen LogP contribution in [0.5, 0.6) is 5.75 Å². The van der Waals surface area contributed by atoms with Crippen molar-refractivity contribution in [3.05, 3.63) is 81.1 Å². The molecule has 1 aliphatic heterocycles. The molecule has 0 saturated carbocycles. The van der Waals surface area contributed by atoms with Gasteiger partial charge in [0, 0.05) is 5.56 Å². The number of nitrogens with zero attached hydrogens (tertiary/aromatic N) is 2. The molecule has 1 aromatic heterocycles. The molecule has 1 amide bonds. The SMILES string of the molecule is CCCOc1ccc(/C(O)=C2\C(=O)C(=O)N(c3nc(C)c(C(=O)OCC)s3)C2c2ccc(F)cc2)cc1C. The topological polar surface area (TPSA) is 106 Å². The van der Waals surface area contributed by atoms with Crippen LogP contribution in [-0.4, -0.2) is 41.0 Å². The van der Waals surface area contributed by atoms with Gasteiger partial charge in [-0.05, 0) is 68.7 Å². The summed E-state index contributed by atoms with van der Waals surface area (Å²) in [6.45, 7) is 7.76. The first-order valence-corrected chi connectivity index (χ1v) is 12.9. The molecule has 4 rings (SSSR count). The summed E-state index contributed by atoms with van der Waals surface area (Å²) in [5.74, 6) is -2.69. The lowest BCUT2D eigenvalue weighted by Crippen LogP contribution is -2.29. The Balaban J connectivity index is 1.86. The first-order chi connectivity index (χ1) is 18.2. The molecule has 1 atom stereocenters. The minimum atomic E-state index is -1.10. The van der Waals surface area contributed by atoms with Crippen molar-refractivity contribution >= 4 is 39.9 Å². The fraction of sp³-hybridized carbons (Fsp3) is 0.286. The number of aromatic nitrogens is 1. The Labute approximate surface area is 223 Å². The fourth-order valence-corrected chi connectivity index (χ4v) is 5.18. The summed E-state index contributed by atoms with van der Waals surface area (Å²) in [5, 5.41) is 11.4. The van der Waals surface area contributed by atoms with E-state index < -0.39 is 29.5 Å². The van der Waals surface area contributed by atoms with Crippen LogP contribution in [0.4, 0.5) is 9.52 Å². The molecule has 1 fully saturated rings. The van der Waals surface area contributed by atoms with Crippen molar-refractivity contribution in [2.24, 2.45) is 0 Å². The molecular weight excluding hydrogens is 511 g/mol. The molecule has 0 spiro atoms. The van der Waals surface area contributed by atoms with Gasteiger partial charge in [-0.2, -0.15) is 0 Å². The average molecular weight is 539 g/mol. The van der Waals surface area contributed by atoms with Crippen LogP contribution >= 0.6 is 11.3 Å². The Bertz CT molecular complexity index is 1430. The number of aliphatic hydroxyl groups excluding tert-OH is 1. The summed E-state index contributed by atoms with van der Waals surface area (Å²) in [6.07, 6.45) is 0.830. The van der Waals surface area contributed by atoms with E-state index in [1.165, 1.54) is 24.3 Å². The lowest BCUT2D eigenvalue weighted by molar-refractivity contribution is -0.132. The predicted molar refractivity (Wildman–Crippen MR) is 141 cm³/mol. The Morgan fingerprint density at radius 3 is 2.47 bits per heavy atom. The number of thiazole rings is 1. The Morgan fingerprint density at radius 2 is 1.84 bits per heavy atom. The average Bonchev–Trinajstić information content (AvgIpc) is 3.40. The Hall–Kier alpha value is -4.05. The summed E-state index contributed by atoms with van der Waals surface area (Å²) in [7, 11) is 0. The van der Waals surface area contributed by atoms with Crippen LogP contribution in [0.15, 0.2) is 48.0 Å². The first kappa shape index (κ1) is 27.0. The highest BCUT2D eigenvalue weighted by Crippen LogP contribution is 2.44. The molecular formula is C28H27FN2O6S. The van der Waals surface area contributed by atoms with E-state index in [1.54, 1.807) is 32.0 Å². The van der Waals surface area contributed by atoms with Gasteiger partial charge in [0.2, 0.25) is 0 Å². The number of anilines is 1. The van der Waals surface area contributed by atoms with Gasteiger partial charge in [-0.15, -0.1) is 0 Å². The van der Waals surface area contributed by atoms with Gasteiger partial charge in [-0.1, -0.05) is 30.4 Å². The van der Waals surface area contributed by atoms with Crippen LogP contribution in [0.2, 0.25) is 0 Å². The van der Waals surface area contributed by atoms with Crippen molar-refractivity contribution in [2.75, 3.05) is 18.1 Å². The molecule has 8 nitrogen and oxygen atoms in total. The molecule has 1 aliphatic rings. The molecule has 0 aliphatic carbocycles. The zero-order chi connectivity index (χ0) is 27.6. The Morgan fingerprint density at radius 1 is 1.13 bits per heavy atom. The van der Waals surface area contributed by atoms with Crippen LogP contribution in [0, 0.1) is 19.7 Å². The highest BCUT2D eigenvalue weighted by atomic mass is 32.1. The molecule has 3 aromatic rings. The van der Waals surface area contributed by atoms with Gasteiger partial charge < -0.3 is 14.6 Å². The highest BCUT2D eigenvalue weighted by Gasteiger charge is 2.48. The smallest absolute Gasteiger partial charge is 0.350 e. The van der Waals surface area contributed by atoms with E-state index in [1.807, 2.05) is 13.8 Å². The van der Waals surface area contributed by atoms with E-state index in [0.29, 0.717) is 29.2 Å². The number of Topliss-reactive ketones (excluding diaryl/α,β-unsaturated/α-hetero) is 1. The van der Waals surface area contributed by atoms with Crippen molar-refractivity contribution in [2.45, 2.75) is 40.2 Å². The van der Waals surface area contributed by atoms with Crippen molar-refractivity contribution in [3.63, 3.8) is 0 Å². The number of ether oxygens (including phenoxy) is 2. The second-order valence-corrected chi connectivity index (χ2v) is 9.66. The maximum absolute atomic E-state index is 13.8. The zero-order valence-corrected chi connectivity index (χ0v) is 22.2. The summed E-state index contributed by atoms with van der Waals surface area (Å²) in [5.41, 5.74) is 1.61. The highest BCUT2D eigenvalue weighted by molar-refractivity contribution is 7.17. The molecule has 1 saturated heterocycles. The lowest BCUT2D eigenvalue weighted by atomic mass is 9.95. The van der Waals surface area contributed by atoms with Gasteiger partial charge in [-0.3, -0.25) is 14.5 Å². The van der Waals surface area contributed by atoms with Crippen LogP contribution in [0.1, 0.15) is 58.4 Å². The quantitative estimate of drug-likeness (QED) is 0.175. The van der Waals surface area contributed by atoms with E-state index in [-0.39, 0.29) is 27.9 Å². The number of benzene rings is 2. The number of esters is 1. The van der Waals surface area contributed by atoms with E-state index in [2.05, 4.69) is 4.98 Å². The maximum Gasteiger partial charge on any atom is 0.350 e. The zero-order valence-electron chi connectivity index (χ0n) is 21.4. The third-order valence-electron chi connectivity index (χ3n) is 5.99. The number of hydrogen-bond acceptors (Lipinski definition) is 8. The summed E-state index contributed by atoms with van der Waals surface area (Å²) < 4.78 is 24.6. The molecule has 10 heteroatoms. The molecule has 38 heavy (non-hydrogen) atoms. The van der Waals surface area contributed by atoms with Crippen molar-refractivity contribution in [1.29, 1.82) is 0 Å². The largest absolute Gasteiger partial charge is 0.507 e. The summed E-state index contributed by atoms with van der Waals surface area (Å²) in [6, 6.07) is 9.15. The second kappa shape index (κ2) is 11.1. The number of rotatable bonds is 8. The monoisotopic (exact) mass is 538 g/mol. The molecule has 2 heterocycles. The summed E-state index contributed by atoms with van der Waals surface area (Å²) >= 11 is 0.906. The molecule has 0 radical (unpaired) electrons. The normalized spacial score (nSPS) is 16.7. The molecule has 1 unspecified atom stereocenters. The minimum absolute atomic E-state index is 0.0838. The van der Waals surface area contributed by atoms with E-state index in [9.17, 15) is 23.9 Å². The van der Waals surface area contributed by atoms with Crippen molar-refractivity contribution in [3.8, 4) is 5.75 Å². The van der Waals surface area contributed by atoms with Gasteiger partial charge in [0.25, 0.3) is 5.78 Å². The second-order valence-electron chi connectivity index (χ2n) is 8.68. The molecule has 1 N–H and O–H groups in total. The van der Waals surface area contributed by atoms with E-state index >= 15 is 0 Å². The number of aryl methyl sites for hydroxylation is 2. The minimum Gasteiger partial charge on any atom is -0.507 e. The number of amides is 1. The van der Waals surface area contributed by atoms with Crippen LogP contribution in [0.3, 0.4) is 0 Å². The fourth-order valence-electron chi connectivity index (χ4n) is 4.19. The van der Waals surface area contributed by atoms with Crippen LogP contribution in [-0.2, 0) is 14.3 Å². The number of carbonyl (C=O) groups excluding carboxylic acids is 3. The maximum atomic E-state index is 13.8. The lowest BCUT2D eigenvalue weighted by Gasteiger charge is -2.23. The molecule has 198 valence electrons. The van der Waals surface area contributed by atoms with Gasteiger partial charge >= 0.3 is 11.9 Å².